The second kappa shape index (κ2) is 7.27. The number of aliphatic hydroxyl groups is 1. The van der Waals surface area contributed by atoms with Crippen molar-refractivity contribution in [2.24, 2.45) is 0 Å². The maximum absolute atomic E-state index is 12.5. The number of nitrogens with zero attached hydrogens (tertiary/aromatic N) is 3. The fraction of sp³-hybridized carbons (Fsp3) is 0.647. The monoisotopic (exact) mass is 319 g/mol. The normalized spacial score (nSPS) is 25.6. The van der Waals surface area contributed by atoms with Gasteiger partial charge in [-0.3, -0.25) is 9.69 Å². The number of pyridine rings is 1. The number of piperazine rings is 1. The summed E-state index contributed by atoms with van der Waals surface area (Å²) in [6.45, 7) is 5.54. The lowest BCUT2D eigenvalue weighted by atomic mass is 10.1. The molecule has 23 heavy (non-hydrogen) atoms. The molecule has 1 saturated carbocycles. The van der Waals surface area contributed by atoms with E-state index in [4.69, 9.17) is 4.74 Å². The molecule has 3 rings (SSSR count). The van der Waals surface area contributed by atoms with Gasteiger partial charge in [-0.1, -0.05) is 0 Å². The highest BCUT2D eigenvalue weighted by Crippen LogP contribution is 2.25. The lowest BCUT2D eigenvalue weighted by Gasteiger charge is -2.39. The number of aliphatic hydroxyl groups excluding tert-OH is 1. The van der Waals surface area contributed by atoms with Gasteiger partial charge in [-0.25, -0.2) is 4.98 Å². The molecule has 126 valence electrons. The van der Waals surface area contributed by atoms with E-state index in [1.807, 2.05) is 11.8 Å². The summed E-state index contributed by atoms with van der Waals surface area (Å²) in [5.74, 6) is 0.566. The first-order chi connectivity index (χ1) is 11.2. The second-order valence-corrected chi connectivity index (χ2v) is 6.21. The molecule has 1 N–H and O–H groups in total. The first-order valence-electron chi connectivity index (χ1n) is 8.49. The van der Waals surface area contributed by atoms with E-state index >= 15 is 0 Å². The third-order valence-electron chi connectivity index (χ3n) is 4.79. The summed E-state index contributed by atoms with van der Waals surface area (Å²) >= 11 is 0. The molecule has 2 unspecified atom stereocenters. The van der Waals surface area contributed by atoms with Gasteiger partial charge in [0, 0.05) is 44.5 Å². The maximum Gasteiger partial charge on any atom is 0.255 e. The number of hydrogen-bond acceptors (Lipinski definition) is 5. The Labute approximate surface area is 137 Å². The Morgan fingerprint density at radius 1 is 1.30 bits per heavy atom. The summed E-state index contributed by atoms with van der Waals surface area (Å²) in [6.07, 6.45) is 4.45. The summed E-state index contributed by atoms with van der Waals surface area (Å²) < 4.78 is 5.30. The predicted molar refractivity (Wildman–Crippen MR) is 86.5 cm³/mol. The number of aromatic nitrogens is 1. The Morgan fingerprint density at radius 2 is 2.09 bits per heavy atom. The number of ether oxygens (including phenoxy) is 1. The van der Waals surface area contributed by atoms with Gasteiger partial charge >= 0.3 is 0 Å². The van der Waals surface area contributed by atoms with E-state index in [0.29, 0.717) is 31.1 Å². The molecule has 1 aromatic heterocycles. The van der Waals surface area contributed by atoms with Crippen molar-refractivity contribution < 1.29 is 14.6 Å². The molecule has 6 heteroatoms. The molecular formula is C17H25N3O3. The molecule has 1 aromatic rings. The van der Waals surface area contributed by atoms with Gasteiger partial charge in [0.25, 0.3) is 5.91 Å². The van der Waals surface area contributed by atoms with Crippen LogP contribution >= 0.6 is 0 Å². The number of hydrogen-bond donors (Lipinski definition) is 1. The zero-order valence-corrected chi connectivity index (χ0v) is 13.6. The highest BCUT2D eigenvalue weighted by molar-refractivity contribution is 5.94. The minimum Gasteiger partial charge on any atom is -0.478 e. The molecule has 1 aliphatic heterocycles. The summed E-state index contributed by atoms with van der Waals surface area (Å²) in [4.78, 5) is 20.9. The lowest BCUT2D eigenvalue weighted by Crippen LogP contribution is -2.53. The molecule has 2 heterocycles. The Kier molecular flexibility index (Phi) is 5.13. The standard InChI is InChI=1S/C17H25N3O3/c1-2-23-16-7-6-13(12-18-16)17(22)20-10-8-19(9-11-20)14-4-3-5-15(14)21/h6-7,12,14-15,21H,2-5,8-11H2,1H3. The van der Waals surface area contributed by atoms with E-state index in [9.17, 15) is 9.90 Å². The SMILES string of the molecule is CCOc1ccc(C(=O)N2CCN(C3CCCC3O)CC2)cn1. The van der Waals surface area contributed by atoms with Crippen molar-refractivity contribution in [2.75, 3.05) is 32.8 Å². The van der Waals surface area contributed by atoms with Crippen LogP contribution in [0, 0.1) is 0 Å². The molecule has 0 radical (unpaired) electrons. The molecule has 2 aliphatic rings. The summed E-state index contributed by atoms with van der Waals surface area (Å²) in [7, 11) is 0. The van der Waals surface area contributed by atoms with Gasteiger partial charge in [-0.2, -0.15) is 0 Å². The van der Waals surface area contributed by atoms with Gasteiger partial charge in [0.2, 0.25) is 5.88 Å². The van der Waals surface area contributed by atoms with Crippen LogP contribution in [-0.2, 0) is 0 Å². The van der Waals surface area contributed by atoms with Gasteiger partial charge < -0.3 is 14.7 Å². The van der Waals surface area contributed by atoms with Crippen LogP contribution in [-0.4, -0.2) is 70.7 Å². The van der Waals surface area contributed by atoms with Crippen molar-refractivity contribution in [3.8, 4) is 5.88 Å². The fourth-order valence-electron chi connectivity index (χ4n) is 3.53. The van der Waals surface area contributed by atoms with Gasteiger partial charge in [-0.15, -0.1) is 0 Å². The average Bonchev–Trinajstić information content (AvgIpc) is 3.01. The van der Waals surface area contributed by atoms with E-state index < -0.39 is 0 Å². The minimum atomic E-state index is -0.201. The van der Waals surface area contributed by atoms with Gasteiger partial charge in [-0.05, 0) is 32.3 Å². The van der Waals surface area contributed by atoms with Gasteiger partial charge in [0.05, 0.1) is 18.3 Å². The van der Waals surface area contributed by atoms with Crippen LogP contribution in [0.3, 0.4) is 0 Å². The van der Waals surface area contributed by atoms with E-state index in [2.05, 4.69) is 9.88 Å². The second-order valence-electron chi connectivity index (χ2n) is 6.21. The highest BCUT2D eigenvalue weighted by Gasteiger charge is 2.33. The molecule has 0 aromatic carbocycles. The number of carbonyl (C=O) groups excluding carboxylic acids is 1. The van der Waals surface area contributed by atoms with Crippen LogP contribution in [0.2, 0.25) is 0 Å². The predicted octanol–water partition coefficient (Wildman–Crippen LogP) is 1.15. The molecule has 0 spiro atoms. The van der Waals surface area contributed by atoms with Crippen LogP contribution < -0.4 is 4.74 Å². The largest absolute Gasteiger partial charge is 0.478 e. The Balaban J connectivity index is 1.55. The number of rotatable bonds is 4. The Bertz CT molecular complexity index is 526. The summed E-state index contributed by atoms with van der Waals surface area (Å²) in [5.41, 5.74) is 0.600. The third kappa shape index (κ3) is 3.64. The van der Waals surface area contributed by atoms with Crippen molar-refractivity contribution in [2.45, 2.75) is 38.3 Å². The Morgan fingerprint density at radius 3 is 2.65 bits per heavy atom. The summed E-state index contributed by atoms with van der Waals surface area (Å²) in [5, 5.41) is 10.0. The van der Waals surface area contributed by atoms with Crippen molar-refractivity contribution in [1.82, 2.24) is 14.8 Å². The van der Waals surface area contributed by atoms with Crippen molar-refractivity contribution in [1.29, 1.82) is 0 Å². The zero-order chi connectivity index (χ0) is 16.2. The first kappa shape index (κ1) is 16.2. The molecule has 1 aliphatic carbocycles. The quantitative estimate of drug-likeness (QED) is 0.902. The minimum absolute atomic E-state index is 0.0205. The molecule has 1 amide bonds. The highest BCUT2D eigenvalue weighted by atomic mass is 16.5. The van der Waals surface area contributed by atoms with Crippen LogP contribution in [0.4, 0.5) is 0 Å². The topological polar surface area (TPSA) is 65.9 Å². The van der Waals surface area contributed by atoms with E-state index in [1.54, 1.807) is 18.3 Å². The van der Waals surface area contributed by atoms with Gasteiger partial charge in [0.15, 0.2) is 0 Å². The Hall–Kier alpha value is -1.66. The molecule has 2 atom stereocenters. The third-order valence-corrected chi connectivity index (χ3v) is 4.79. The van der Waals surface area contributed by atoms with Crippen molar-refractivity contribution in [3.05, 3.63) is 23.9 Å². The van der Waals surface area contributed by atoms with Crippen LogP contribution in [0.1, 0.15) is 36.5 Å². The first-order valence-corrected chi connectivity index (χ1v) is 8.49. The lowest BCUT2D eigenvalue weighted by molar-refractivity contribution is 0.0315. The van der Waals surface area contributed by atoms with Gasteiger partial charge in [0.1, 0.15) is 0 Å². The molecule has 2 fully saturated rings. The van der Waals surface area contributed by atoms with E-state index in [1.165, 1.54) is 0 Å². The average molecular weight is 319 g/mol. The molecule has 6 nitrogen and oxygen atoms in total. The van der Waals surface area contributed by atoms with E-state index in [0.717, 1.165) is 32.4 Å². The summed E-state index contributed by atoms with van der Waals surface area (Å²) in [6, 6.07) is 3.79. The fourth-order valence-corrected chi connectivity index (χ4v) is 3.53. The van der Waals surface area contributed by atoms with Crippen molar-refractivity contribution >= 4 is 5.91 Å². The number of carbonyl (C=O) groups is 1. The van der Waals surface area contributed by atoms with Crippen molar-refractivity contribution in [3.63, 3.8) is 0 Å². The number of amides is 1. The molecule has 0 bridgehead atoms. The molecule has 1 saturated heterocycles. The molecular weight excluding hydrogens is 294 g/mol. The van der Waals surface area contributed by atoms with Crippen LogP contribution in [0.5, 0.6) is 5.88 Å². The zero-order valence-electron chi connectivity index (χ0n) is 13.6. The van der Waals surface area contributed by atoms with Crippen LogP contribution in [0.15, 0.2) is 18.3 Å². The smallest absolute Gasteiger partial charge is 0.255 e. The van der Waals surface area contributed by atoms with Crippen LogP contribution in [0.25, 0.3) is 0 Å². The maximum atomic E-state index is 12.5. The van der Waals surface area contributed by atoms with E-state index in [-0.39, 0.29) is 18.1 Å².